The van der Waals surface area contributed by atoms with Crippen molar-refractivity contribution in [2.75, 3.05) is 14.2 Å². The van der Waals surface area contributed by atoms with Crippen molar-refractivity contribution in [2.45, 2.75) is 0 Å². The maximum atomic E-state index is 10.6. The smallest absolute Gasteiger partial charge is 0.543 e. The van der Waals surface area contributed by atoms with Gasteiger partial charge in [0.15, 0.2) is 0 Å². The number of pyridine rings is 2. The number of carbonyl (C=O) groups excluding carboxylic acids is 2. The van der Waals surface area contributed by atoms with Crippen molar-refractivity contribution in [1.29, 1.82) is 0 Å². The maximum Gasteiger partial charge on any atom is 2.00 e. The van der Waals surface area contributed by atoms with Crippen molar-refractivity contribution in [3.05, 3.63) is 72.1 Å². The van der Waals surface area contributed by atoms with Crippen molar-refractivity contribution in [2.24, 2.45) is 0 Å². The second-order valence-electron chi connectivity index (χ2n) is 6.03. The van der Waals surface area contributed by atoms with E-state index in [1.54, 1.807) is 24.3 Å². The Morgan fingerprint density at radius 3 is 1.39 bits per heavy atom. The molecule has 0 spiro atoms. The van der Waals surface area contributed by atoms with Gasteiger partial charge in [0.25, 0.3) is 0 Å². The molecule has 8 nitrogen and oxygen atoms in total. The number of aromatic nitrogens is 2. The minimum atomic E-state index is -1.29. The van der Waals surface area contributed by atoms with Crippen LogP contribution in [-0.2, 0) is 19.5 Å². The predicted molar refractivity (Wildman–Crippen MR) is 105 cm³/mol. The fourth-order valence-corrected chi connectivity index (χ4v) is 2.80. The molecule has 4 rings (SSSR count). The number of rotatable bonds is 4. The van der Waals surface area contributed by atoms with Crippen LogP contribution in [0.15, 0.2) is 60.7 Å². The topological polar surface area (TPSA) is 125 Å². The van der Waals surface area contributed by atoms with Crippen molar-refractivity contribution in [3.63, 3.8) is 0 Å². The summed E-state index contributed by atoms with van der Waals surface area (Å²) in [7, 11) is 3.03. The molecule has 0 aliphatic rings. The number of para-hydroxylation sites is 2. The molecule has 0 radical (unpaired) electrons. The molecule has 0 saturated heterocycles. The molecule has 31 heavy (non-hydrogen) atoms. The van der Waals surface area contributed by atoms with Crippen LogP contribution >= 0.6 is 0 Å². The van der Waals surface area contributed by atoms with Crippen LogP contribution in [0.5, 0.6) is 11.5 Å². The Bertz CT molecular complexity index is 1150. The van der Waals surface area contributed by atoms with Crippen LogP contribution in [0.2, 0.25) is 0 Å². The monoisotopic (exact) mass is 468 g/mol. The van der Waals surface area contributed by atoms with Gasteiger partial charge < -0.3 is 29.3 Å². The van der Waals surface area contributed by atoms with Gasteiger partial charge in [0, 0.05) is 10.8 Å². The third-order valence-electron chi connectivity index (χ3n) is 4.22. The summed E-state index contributed by atoms with van der Waals surface area (Å²) >= 11 is 0. The molecule has 0 aliphatic heterocycles. The molecule has 9 heteroatoms. The number of hydrogen-bond acceptors (Lipinski definition) is 8. The van der Waals surface area contributed by atoms with Gasteiger partial charge in [-0.05, 0) is 24.3 Å². The number of carbonyl (C=O) groups is 2. The van der Waals surface area contributed by atoms with E-state index < -0.39 is 11.9 Å². The fourth-order valence-electron chi connectivity index (χ4n) is 2.80. The summed E-state index contributed by atoms with van der Waals surface area (Å²) in [6.07, 6.45) is 0. The second kappa shape index (κ2) is 10.5. The fraction of sp³-hybridized carbons (Fsp3) is 0.0909. The number of carboxylic acid groups (broad SMARTS) is 2. The average molecular weight is 470 g/mol. The standard InChI is InChI=1S/2C11H9NO3.Zn/c2*1-15-9-4-2-3-7-5-6-8(11(13)14)12-10(7)9;/h2*2-6H,1H3,(H,13,14);/q;;+2/p-2. The molecule has 0 atom stereocenters. The molecule has 0 aliphatic carbocycles. The zero-order chi connectivity index (χ0) is 21.7. The van der Waals surface area contributed by atoms with Crippen molar-refractivity contribution in [3.8, 4) is 11.5 Å². The molecule has 0 saturated carbocycles. The molecule has 0 amide bonds. The van der Waals surface area contributed by atoms with Gasteiger partial charge in [-0.2, -0.15) is 0 Å². The summed E-state index contributed by atoms with van der Waals surface area (Å²) in [6, 6.07) is 17.0. The molecule has 4 aromatic rings. The number of methoxy groups -OCH3 is 2. The number of benzene rings is 2. The van der Waals surface area contributed by atoms with Gasteiger partial charge in [-0.3, -0.25) is 0 Å². The summed E-state index contributed by atoms with van der Waals surface area (Å²) < 4.78 is 10.2. The quantitative estimate of drug-likeness (QED) is 0.408. The van der Waals surface area contributed by atoms with E-state index in [1.807, 2.05) is 24.3 Å². The van der Waals surface area contributed by atoms with E-state index in [4.69, 9.17) is 9.47 Å². The molecular formula is C22H16N2O6Zn. The zero-order valence-electron chi connectivity index (χ0n) is 16.8. The normalized spacial score (nSPS) is 9.87. The first-order chi connectivity index (χ1) is 14.4. The summed E-state index contributed by atoms with van der Waals surface area (Å²) in [4.78, 5) is 29.2. The number of hydrogen-bond donors (Lipinski definition) is 0. The Kier molecular flexibility index (Phi) is 7.99. The van der Waals surface area contributed by atoms with E-state index in [2.05, 4.69) is 9.97 Å². The second-order valence-corrected chi connectivity index (χ2v) is 6.03. The van der Waals surface area contributed by atoms with Gasteiger partial charge in [-0.1, -0.05) is 36.4 Å². The third-order valence-corrected chi connectivity index (χ3v) is 4.22. The molecule has 0 fully saturated rings. The molecule has 0 N–H and O–H groups in total. The van der Waals surface area contributed by atoms with Crippen LogP contribution in [0, 0.1) is 0 Å². The average Bonchev–Trinajstić information content (AvgIpc) is 2.77. The van der Waals surface area contributed by atoms with Crippen LogP contribution in [0.25, 0.3) is 21.8 Å². The SMILES string of the molecule is COc1cccc2ccc(C(=O)[O-])nc12.COc1cccc2ccc(C(=O)[O-])nc12.[Zn+2]. The van der Waals surface area contributed by atoms with E-state index in [9.17, 15) is 19.8 Å². The van der Waals surface area contributed by atoms with Crippen LogP contribution in [-0.4, -0.2) is 36.1 Å². The molecule has 152 valence electrons. The van der Waals surface area contributed by atoms with Crippen LogP contribution in [0.1, 0.15) is 21.0 Å². The van der Waals surface area contributed by atoms with E-state index in [1.165, 1.54) is 26.4 Å². The summed E-state index contributed by atoms with van der Waals surface area (Å²) in [6.45, 7) is 0. The van der Waals surface area contributed by atoms with E-state index in [-0.39, 0.29) is 30.9 Å². The number of carboxylic acids is 2. The summed E-state index contributed by atoms with van der Waals surface area (Å²) in [5.74, 6) is -1.48. The molecule has 0 unspecified atom stereocenters. The van der Waals surface area contributed by atoms with Crippen molar-refractivity contribution >= 4 is 33.7 Å². The number of nitrogens with zero attached hydrogens (tertiary/aromatic N) is 2. The Morgan fingerprint density at radius 2 is 1.06 bits per heavy atom. The Morgan fingerprint density at radius 1 is 0.677 bits per heavy atom. The predicted octanol–water partition coefficient (Wildman–Crippen LogP) is 1.21. The van der Waals surface area contributed by atoms with E-state index in [0.29, 0.717) is 22.5 Å². The van der Waals surface area contributed by atoms with Crippen LogP contribution in [0.4, 0.5) is 0 Å². The Hall–Kier alpha value is -3.58. The summed E-state index contributed by atoms with van der Waals surface area (Å²) in [5.41, 5.74) is 0.877. The molecule has 2 aromatic carbocycles. The Labute approximate surface area is 190 Å². The van der Waals surface area contributed by atoms with Gasteiger partial charge in [0.2, 0.25) is 0 Å². The van der Waals surface area contributed by atoms with E-state index in [0.717, 1.165) is 10.8 Å². The minimum absolute atomic E-state index is 0. The molecular weight excluding hydrogens is 454 g/mol. The van der Waals surface area contributed by atoms with Gasteiger partial charge in [-0.25, -0.2) is 9.97 Å². The number of ether oxygens (including phenoxy) is 2. The summed E-state index contributed by atoms with van der Waals surface area (Å²) in [5, 5.41) is 22.9. The zero-order valence-corrected chi connectivity index (χ0v) is 19.8. The number of aromatic carboxylic acids is 2. The minimum Gasteiger partial charge on any atom is -0.543 e. The first-order valence-corrected chi connectivity index (χ1v) is 8.75. The van der Waals surface area contributed by atoms with Crippen molar-refractivity contribution < 1.29 is 48.8 Å². The first-order valence-electron chi connectivity index (χ1n) is 8.75. The van der Waals surface area contributed by atoms with Gasteiger partial charge in [0.05, 0.1) is 37.5 Å². The maximum absolute atomic E-state index is 10.6. The van der Waals surface area contributed by atoms with Gasteiger partial charge in [-0.15, -0.1) is 0 Å². The largest absolute Gasteiger partial charge is 2.00 e. The van der Waals surface area contributed by atoms with Gasteiger partial charge in [0.1, 0.15) is 22.5 Å². The van der Waals surface area contributed by atoms with E-state index >= 15 is 0 Å². The van der Waals surface area contributed by atoms with Crippen LogP contribution in [0.3, 0.4) is 0 Å². The Balaban J connectivity index is 0.000000213. The first kappa shape index (κ1) is 23.7. The molecule has 2 aromatic heterocycles. The third kappa shape index (κ3) is 5.32. The molecule has 0 bridgehead atoms. The van der Waals surface area contributed by atoms with Crippen molar-refractivity contribution in [1.82, 2.24) is 9.97 Å². The molecule has 2 heterocycles. The number of fused-ring (bicyclic) bond motifs is 2. The van der Waals surface area contributed by atoms with Crippen LogP contribution < -0.4 is 19.7 Å². The van der Waals surface area contributed by atoms with Gasteiger partial charge >= 0.3 is 19.5 Å².